The molecule has 0 spiro atoms. The summed E-state index contributed by atoms with van der Waals surface area (Å²) in [4.78, 5) is 21.2. The van der Waals surface area contributed by atoms with Crippen molar-refractivity contribution >= 4 is 17.7 Å². The van der Waals surface area contributed by atoms with E-state index < -0.39 is 6.10 Å². The number of carbonyl (C=O) groups is 1. The lowest BCUT2D eigenvalue weighted by Crippen LogP contribution is -2.41. The van der Waals surface area contributed by atoms with Gasteiger partial charge in [0.1, 0.15) is 0 Å². The minimum Gasteiger partial charge on any atom is -0.390 e. The smallest absolute Gasteiger partial charge is 0.233 e. The second kappa shape index (κ2) is 7.77. The highest BCUT2D eigenvalue weighted by atomic mass is 32.2. The van der Waals surface area contributed by atoms with Gasteiger partial charge >= 0.3 is 0 Å². The highest BCUT2D eigenvalue weighted by molar-refractivity contribution is 8.00. The second-order valence-electron chi connectivity index (χ2n) is 5.39. The molecule has 2 heterocycles. The first-order chi connectivity index (χ1) is 10.1. The molecule has 1 fully saturated rings. The summed E-state index contributed by atoms with van der Waals surface area (Å²) in [6, 6.07) is 3.85. The van der Waals surface area contributed by atoms with Crippen LogP contribution in [0.1, 0.15) is 13.3 Å². The zero-order chi connectivity index (χ0) is 15.2. The van der Waals surface area contributed by atoms with E-state index in [-0.39, 0.29) is 11.9 Å². The molecule has 21 heavy (non-hydrogen) atoms. The Kier molecular flexibility index (Phi) is 6.02. The van der Waals surface area contributed by atoms with Gasteiger partial charge in [0, 0.05) is 30.4 Å². The third-order valence-corrected chi connectivity index (χ3v) is 4.76. The lowest BCUT2D eigenvalue weighted by Gasteiger charge is -2.25. The van der Waals surface area contributed by atoms with Gasteiger partial charge in [0.15, 0.2) is 0 Å². The lowest BCUT2D eigenvalue weighted by molar-refractivity contribution is -0.127. The summed E-state index contributed by atoms with van der Waals surface area (Å²) in [5.74, 6) is 0.490. The number of likely N-dealkylation sites (tertiary alicyclic amines) is 1. The molecule has 1 N–H and O–H groups in total. The average molecular weight is 309 g/mol. The standard InChI is InChI=1S/C15H23N3O2S/c1-3-8-17(2)13-9-18(10-14(13)19)15(20)11-21-12-4-6-16-7-5-12/h4-7,13-14,19H,3,8-11H2,1-2H3/t13-,14-/m0/s1. The van der Waals surface area contributed by atoms with E-state index >= 15 is 0 Å². The van der Waals surface area contributed by atoms with E-state index in [1.54, 1.807) is 17.3 Å². The van der Waals surface area contributed by atoms with Crippen molar-refractivity contribution in [3.05, 3.63) is 24.5 Å². The van der Waals surface area contributed by atoms with Gasteiger partial charge in [-0.1, -0.05) is 6.92 Å². The summed E-state index contributed by atoms with van der Waals surface area (Å²) in [6.45, 7) is 4.11. The van der Waals surface area contributed by atoms with Crippen LogP contribution >= 0.6 is 11.8 Å². The van der Waals surface area contributed by atoms with Crippen LogP contribution in [0, 0.1) is 0 Å². The molecule has 2 atom stereocenters. The van der Waals surface area contributed by atoms with Crippen LogP contribution in [0.4, 0.5) is 0 Å². The molecule has 0 aromatic carbocycles. The highest BCUT2D eigenvalue weighted by Crippen LogP contribution is 2.20. The predicted octanol–water partition coefficient (Wildman–Crippen LogP) is 1.09. The Labute approximate surface area is 130 Å². The molecule has 1 aliphatic rings. The summed E-state index contributed by atoms with van der Waals surface area (Å²) in [5, 5.41) is 10.1. The number of likely N-dealkylation sites (N-methyl/N-ethyl adjacent to an activating group) is 1. The minimum atomic E-state index is -0.448. The van der Waals surface area contributed by atoms with Gasteiger partial charge in [0.05, 0.1) is 17.9 Å². The number of β-amino-alcohol motifs (C(OH)–C–C–N with tert-alkyl or cyclic N) is 1. The first kappa shape index (κ1) is 16.3. The minimum absolute atomic E-state index is 0.0554. The lowest BCUT2D eigenvalue weighted by atomic mass is 10.2. The molecular formula is C15H23N3O2S. The van der Waals surface area contributed by atoms with Gasteiger partial charge in [0.25, 0.3) is 0 Å². The quantitative estimate of drug-likeness (QED) is 0.797. The SMILES string of the molecule is CCCN(C)[C@H]1CN(C(=O)CSc2ccncc2)C[C@@H]1O. The first-order valence-electron chi connectivity index (χ1n) is 7.30. The highest BCUT2D eigenvalue weighted by Gasteiger charge is 2.35. The third-order valence-electron chi connectivity index (χ3n) is 3.77. The molecule has 1 aliphatic heterocycles. The van der Waals surface area contributed by atoms with E-state index in [0.29, 0.717) is 18.8 Å². The molecule has 0 unspecified atom stereocenters. The van der Waals surface area contributed by atoms with Crippen LogP contribution < -0.4 is 0 Å². The van der Waals surface area contributed by atoms with Gasteiger partial charge in [-0.3, -0.25) is 14.7 Å². The molecule has 1 saturated heterocycles. The third kappa shape index (κ3) is 4.43. The number of nitrogens with zero attached hydrogens (tertiary/aromatic N) is 3. The first-order valence-corrected chi connectivity index (χ1v) is 8.29. The van der Waals surface area contributed by atoms with E-state index in [2.05, 4.69) is 16.8 Å². The number of hydrogen-bond acceptors (Lipinski definition) is 5. The largest absolute Gasteiger partial charge is 0.390 e. The van der Waals surface area contributed by atoms with E-state index in [4.69, 9.17) is 0 Å². The Morgan fingerprint density at radius 1 is 1.48 bits per heavy atom. The molecule has 0 radical (unpaired) electrons. The Morgan fingerprint density at radius 2 is 2.19 bits per heavy atom. The molecular weight excluding hydrogens is 286 g/mol. The van der Waals surface area contributed by atoms with Crippen molar-refractivity contribution in [1.82, 2.24) is 14.8 Å². The Morgan fingerprint density at radius 3 is 2.86 bits per heavy atom. The summed E-state index contributed by atoms with van der Waals surface area (Å²) in [5.41, 5.74) is 0. The number of aromatic nitrogens is 1. The van der Waals surface area contributed by atoms with Crippen molar-refractivity contribution < 1.29 is 9.90 Å². The molecule has 6 heteroatoms. The topological polar surface area (TPSA) is 56.7 Å². The Bertz CT molecular complexity index is 457. The van der Waals surface area contributed by atoms with Crippen LogP contribution in [0.2, 0.25) is 0 Å². The van der Waals surface area contributed by atoms with Crippen molar-refractivity contribution in [3.8, 4) is 0 Å². The van der Waals surface area contributed by atoms with Crippen LogP contribution in [0.3, 0.4) is 0 Å². The summed E-state index contributed by atoms with van der Waals surface area (Å²) in [7, 11) is 2.01. The number of thioether (sulfide) groups is 1. The van der Waals surface area contributed by atoms with E-state index in [0.717, 1.165) is 17.9 Å². The number of rotatable bonds is 6. The molecule has 1 aromatic rings. The summed E-state index contributed by atoms with van der Waals surface area (Å²) < 4.78 is 0. The zero-order valence-corrected chi connectivity index (χ0v) is 13.4. The molecule has 0 bridgehead atoms. The van der Waals surface area contributed by atoms with Crippen molar-refractivity contribution in [2.24, 2.45) is 0 Å². The fourth-order valence-electron chi connectivity index (χ4n) is 2.60. The van der Waals surface area contributed by atoms with Gasteiger partial charge in [-0.05, 0) is 32.1 Å². The van der Waals surface area contributed by atoms with Crippen molar-refractivity contribution in [1.29, 1.82) is 0 Å². The van der Waals surface area contributed by atoms with E-state index in [1.807, 2.05) is 19.2 Å². The van der Waals surface area contributed by atoms with Crippen molar-refractivity contribution in [3.63, 3.8) is 0 Å². The fourth-order valence-corrected chi connectivity index (χ4v) is 3.38. The van der Waals surface area contributed by atoms with Crippen LogP contribution in [0.15, 0.2) is 29.4 Å². The van der Waals surface area contributed by atoms with Gasteiger partial charge in [-0.15, -0.1) is 11.8 Å². The molecule has 5 nitrogen and oxygen atoms in total. The van der Waals surface area contributed by atoms with Crippen LogP contribution in [0.5, 0.6) is 0 Å². The maximum absolute atomic E-state index is 12.3. The normalized spacial score (nSPS) is 22.0. The Hall–Kier alpha value is -1.11. The van der Waals surface area contributed by atoms with Gasteiger partial charge in [-0.25, -0.2) is 0 Å². The molecule has 116 valence electrons. The number of carbonyl (C=O) groups excluding carboxylic acids is 1. The van der Waals surface area contributed by atoms with E-state index in [9.17, 15) is 9.90 Å². The number of pyridine rings is 1. The monoisotopic (exact) mass is 309 g/mol. The fraction of sp³-hybridized carbons (Fsp3) is 0.600. The number of hydrogen-bond donors (Lipinski definition) is 1. The Balaban J connectivity index is 1.84. The molecule has 0 aliphatic carbocycles. The van der Waals surface area contributed by atoms with Gasteiger partial charge in [-0.2, -0.15) is 0 Å². The van der Waals surface area contributed by atoms with Crippen LogP contribution in [-0.2, 0) is 4.79 Å². The molecule has 2 rings (SSSR count). The number of aliphatic hydroxyl groups excluding tert-OH is 1. The number of amides is 1. The van der Waals surface area contributed by atoms with Gasteiger partial charge < -0.3 is 10.0 Å². The van der Waals surface area contributed by atoms with Crippen molar-refractivity contribution in [2.75, 3.05) is 32.4 Å². The summed E-state index contributed by atoms with van der Waals surface area (Å²) >= 11 is 1.51. The van der Waals surface area contributed by atoms with E-state index in [1.165, 1.54) is 11.8 Å². The van der Waals surface area contributed by atoms with Gasteiger partial charge in [0.2, 0.25) is 5.91 Å². The maximum Gasteiger partial charge on any atom is 0.233 e. The van der Waals surface area contributed by atoms with Crippen LogP contribution in [0.25, 0.3) is 0 Å². The van der Waals surface area contributed by atoms with Crippen LogP contribution in [-0.4, -0.2) is 70.4 Å². The average Bonchev–Trinajstić information content (AvgIpc) is 2.88. The molecule has 1 aromatic heterocycles. The second-order valence-corrected chi connectivity index (χ2v) is 6.43. The summed E-state index contributed by atoms with van der Waals surface area (Å²) in [6.07, 6.45) is 4.05. The van der Waals surface area contributed by atoms with Crippen molar-refractivity contribution in [2.45, 2.75) is 30.4 Å². The zero-order valence-electron chi connectivity index (χ0n) is 12.6. The number of aliphatic hydroxyl groups is 1. The molecule has 1 amide bonds. The molecule has 0 saturated carbocycles. The predicted molar refractivity (Wildman–Crippen MR) is 84.3 cm³/mol. The maximum atomic E-state index is 12.3.